The van der Waals surface area contributed by atoms with Crippen LogP contribution in [0, 0.1) is 0 Å². The van der Waals surface area contributed by atoms with Crippen LogP contribution in [0.3, 0.4) is 0 Å². The molecular weight excluding hydrogens is 496 g/mol. The molecule has 36 heavy (non-hydrogen) atoms. The third-order valence-electron chi connectivity index (χ3n) is 5.86. The highest BCUT2D eigenvalue weighted by Crippen LogP contribution is 2.28. The molecule has 188 valence electrons. The first-order valence-corrected chi connectivity index (χ1v) is 13.5. The summed E-state index contributed by atoms with van der Waals surface area (Å²) in [6.07, 6.45) is 0. The van der Waals surface area contributed by atoms with Crippen molar-refractivity contribution in [3.05, 3.63) is 83.5 Å². The number of benzene rings is 3. The van der Waals surface area contributed by atoms with Gasteiger partial charge < -0.3 is 5.32 Å². The van der Waals surface area contributed by atoms with E-state index in [1.807, 2.05) is 45.0 Å². The van der Waals surface area contributed by atoms with E-state index >= 15 is 0 Å². The van der Waals surface area contributed by atoms with Crippen LogP contribution in [0.15, 0.2) is 77.7 Å². The van der Waals surface area contributed by atoms with Crippen molar-refractivity contribution in [2.75, 3.05) is 18.4 Å². The van der Waals surface area contributed by atoms with Crippen LogP contribution < -0.4 is 5.32 Å². The summed E-state index contributed by atoms with van der Waals surface area (Å²) in [6.45, 7) is 7.61. The number of amides is 1. The Bertz CT molecular complexity index is 1500. The van der Waals surface area contributed by atoms with Crippen molar-refractivity contribution in [1.82, 2.24) is 14.1 Å². The van der Waals surface area contributed by atoms with Crippen molar-refractivity contribution in [1.29, 1.82) is 0 Å². The van der Waals surface area contributed by atoms with Crippen LogP contribution in [0.25, 0.3) is 16.5 Å². The van der Waals surface area contributed by atoms with Crippen molar-refractivity contribution in [3.8, 4) is 5.69 Å². The van der Waals surface area contributed by atoms with Gasteiger partial charge in [0.25, 0.3) is 0 Å². The van der Waals surface area contributed by atoms with Gasteiger partial charge in [-0.15, -0.1) is 0 Å². The molecule has 0 aliphatic rings. The Morgan fingerprint density at radius 3 is 2.36 bits per heavy atom. The molecule has 7 nitrogen and oxygen atoms in total. The normalized spacial score (nSPS) is 12.3. The van der Waals surface area contributed by atoms with Gasteiger partial charge in [0.15, 0.2) is 0 Å². The molecule has 1 N–H and O–H groups in total. The van der Waals surface area contributed by atoms with E-state index in [-0.39, 0.29) is 23.4 Å². The molecule has 0 aliphatic heterocycles. The number of aromatic nitrogens is 2. The first-order valence-electron chi connectivity index (χ1n) is 11.6. The SMILES string of the molecule is CCN(CC(=O)Nc1cc(C(C)(C)C)nn1-c1ccc(Cl)cc1)S(=O)(=O)c1cccc2ccccc12. The maximum atomic E-state index is 13.5. The molecule has 4 rings (SSSR count). The van der Waals surface area contributed by atoms with Crippen LogP contribution in [0.4, 0.5) is 5.82 Å². The van der Waals surface area contributed by atoms with Gasteiger partial charge in [0, 0.05) is 28.4 Å². The number of nitrogens with one attached hydrogen (secondary N) is 1. The summed E-state index contributed by atoms with van der Waals surface area (Å²) in [4.78, 5) is 13.3. The first kappa shape index (κ1) is 25.9. The number of anilines is 1. The highest BCUT2D eigenvalue weighted by atomic mass is 35.5. The molecular formula is C27H29ClN4O3S. The van der Waals surface area contributed by atoms with E-state index in [0.717, 1.165) is 16.8 Å². The van der Waals surface area contributed by atoms with E-state index in [1.54, 1.807) is 60.1 Å². The summed E-state index contributed by atoms with van der Waals surface area (Å²) in [5.74, 6) is -0.0120. The van der Waals surface area contributed by atoms with Gasteiger partial charge in [-0.3, -0.25) is 4.79 Å². The molecule has 1 heterocycles. The summed E-state index contributed by atoms with van der Waals surface area (Å²) < 4.78 is 29.9. The van der Waals surface area contributed by atoms with Crippen molar-refractivity contribution in [2.24, 2.45) is 0 Å². The van der Waals surface area contributed by atoms with Gasteiger partial charge in [-0.05, 0) is 35.7 Å². The van der Waals surface area contributed by atoms with E-state index in [4.69, 9.17) is 16.7 Å². The topological polar surface area (TPSA) is 84.3 Å². The van der Waals surface area contributed by atoms with Gasteiger partial charge in [-0.25, -0.2) is 13.1 Å². The lowest BCUT2D eigenvalue weighted by Gasteiger charge is -2.21. The Labute approximate surface area is 216 Å². The highest BCUT2D eigenvalue weighted by Gasteiger charge is 2.28. The fourth-order valence-electron chi connectivity index (χ4n) is 3.88. The second-order valence-corrected chi connectivity index (χ2v) is 11.9. The van der Waals surface area contributed by atoms with Gasteiger partial charge in [0.2, 0.25) is 15.9 Å². The van der Waals surface area contributed by atoms with Crippen LogP contribution in [0.2, 0.25) is 5.02 Å². The fraction of sp³-hybridized carbons (Fsp3) is 0.259. The number of hydrogen-bond acceptors (Lipinski definition) is 4. The van der Waals surface area contributed by atoms with E-state index in [1.165, 1.54) is 4.31 Å². The lowest BCUT2D eigenvalue weighted by molar-refractivity contribution is -0.116. The number of carbonyl (C=O) groups is 1. The van der Waals surface area contributed by atoms with E-state index < -0.39 is 15.9 Å². The van der Waals surface area contributed by atoms with Crippen molar-refractivity contribution >= 4 is 44.1 Å². The lowest BCUT2D eigenvalue weighted by atomic mass is 9.92. The Morgan fingerprint density at radius 2 is 1.69 bits per heavy atom. The average molecular weight is 525 g/mol. The molecule has 0 spiro atoms. The molecule has 0 aliphatic carbocycles. The number of halogens is 1. The summed E-state index contributed by atoms with van der Waals surface area (Å²) in [5.41, 5.74) is 1.24. The Hall–Kier alpha value is -3.20. The zero-order valence-electron chi connectivity index (χ0n) is 20.7. The first-order chi connectivity index (χ1) is 17.0. The van der Waals surface area contributed by atoms with Crippen molar-refractivity contribution in [3.63, 3.8) is 0 Å². The smallest absolute Gasteiger partial charge is 0.244 e. The number of sulfonamides is 1. The summed E-state index contributed by atoms with van der Waals surface area (Å²) in [6, 6.07) is 21.4. The monoisotopic (exact) mass is 524 g/mol. The maximum Gasteiger partial charge on any atom is 0.244 e. The molecule has 0 fully saturated rings. The van der Waals surface area contributed by atoms with Gasteiger partial charge in [-0.2, -0.15) is 9.40 Å². The van der Waals surface area contributed by atoms with Crippen LogP contribution in [-0.4, -0.2) is 41.5 Å². The van der Waals surface area contributed by atoms with Gasteiger partial charge in [0.1, 0.15) is 5.82 Å². The summed E-state index contributed by atoms with van der Waals surface area (Å²) >= 11 is 6.04. The Kier molecular flexibility index (Phi) is 7.22. The van der Waals surface area contributed by atoms with Crippen LogP contribution in [-0.2, 0) is 20.2 Å². The lowest BCUT2D eigenvalue weighted by Crippen LogP contribution is -2.38. The number of hydrogen-bond donors (Lipinski definition) is 1. The van der Waals surface area contributed by atoms with E-state index in [9.17, 15) is 13.2 Å². The third-order valence-corrected chi connectivity index (χ3v) is 8.09. The van der Waals surface area contributed by atoms with Crippen LogP contribution in [0.5, 0.6) is 0 Å². The number of nitrogens with zero attached hydrogens (tertiary/aromatic N) is 3. The largest absolute Gasteiger partial charge is 0.309 e. The molecule has 0 atom stereocenters. The zero-order chi connectivity index (χ0) is 26.1. The molecule has 9 heteroatoms. The molecule has 0 saturated heterocycles. The minimum absolute atomic E-state index is 0.142. The predicted molar refractivity (Wildman–Crippen MR) is 144 cm³/mol. The van der Waals surface area contributed by atoms with Crippen molar-refractivity contribution in [2.45, 2.75) is 38.0 Å². The number of fused-ring (bicyclic) bond motifs is 1. The fourth-order valence-corrected chi connectivity index (χ4v) is 5.63. The molecule has 0 bridgehead atoms. The predicted octanol–water partition coefficient (Wildman–Crippen LogP) is 5.63. The molecule has 1 aromatic heterocycles. The van der Waals surface area contributed by atoms with Gasteiger partial charge >= 0.3 is 0 Å². The van der Waals surface area contributed by atoms with Crippen molar-refractivity contribution < 1.29 is 13.2 Å². The number of likely N-dealkylation sites (N-methyl/N-ethyl adjacent to an activating group) is 1. The Balaban J connectivity index is 1.63. The second-order valence-electron chi connectivity index (χ2n) is 9.51. The van der Waals surface area contributed by atoms with Gasteiger partial charge in [0.05, 0.1) is 22.8 Å². The maximum absolute atomic E-state index is 13.5. The quantitative estimate of drug-likeness (QED) is 0.340. The molecule has 0 radical (unpaired) electrons. The summed E-state index contributed by atoms with van der Waals surface area (Å²) in [7, 11) is -3.91. The molecule has 3 aromatic carbocycles. The van der Waals surface area contributed by atoms with E-state index in [0.29, 0.717) is 16.2 Å². The minimum Gasteiger partial charge on any atom is -0.309 e. The molecule has 1 amide bonds. The number of carbonyl (C=O) groups excluding carboxylic acids is 1. The Morgan fingerprint density at radius 1 is 1.03 bits per heavy atom. The molecule has 0 saturated carbocycles. The second kappa shape index (κ2) is 10.0. The number of rotatable bonds is 7. The summed E-state index contributed by atoms with van der Waals surface area (Å²) in [5, 5.41) is 9.58. The van der Waals surface area contributed by atoms with E-state index in [2.05, 4.69) is 5.32 Å². The average Bonchev–Trinajstić information content (AvgIpc) is 3.26. The van der Waals surface area contributed by atoms with Gasteiger partial charge in [-0.1, -0.05) is 75.7 Å². The minimum atomic E-state index is -3.91. The molecule has 0 unspecified atom stereocenters. The van der Waals surface area contributed by atoms with Crippen LogP contribution >= 0.6 is 11.6 Å². The van der Waals surface area contributed by atoms with Crippen LogP contribution in [0.1, 0.15) is 33.4 Å². The zero-order valence-corrected chi connectivity index (χ0v) is 22.3. The standard InChI is InChI=1S/C27H29ClN4O3S/c1-5-31(36(34,35)23-12-8-10-19-9-6-7-11-22(19)23)18-26(33)29-25-17-24(27(2,3)4)30-32(25)21-15-13-20(28)14-16-21/h6-17H,5,18H2,1-4H3,(H,29,33). The third kappa shape index (κ3) is 5.31. The molecule has 4 aromatic rings. The highest BCUT2D eigenvalue weighted by molar-refractivity contribution is 7.89.